The molecular weight excluding hydrogens is 495 g/mol. The van der Waals surface area contributed by atoms with Gasteiger partial charge in [-0.05, 0) is 56.2 Å². The third kappa shape index (κ3) is 8.74. The Labute approximate surface area is 237 Å². The van der Waals surface area contributed by atoms with Gasteiger partial charge in [-0.3, -0.25) is 19.2 Å². The Hall–Kier alpha value is -3.12. The summed E-state index contributed by atoms with van der Waals surface area (Å²) in [6.07, 6.45) is 0. The second-order valence-electron chi connectivity index (χ2n) is 7.72. The van der Waals surface area contributed by atoms with Crippen LogP contribution in [0.25, 0.3) is 0 Å². The molecule has 2 aliphatic rings. The average molecular weight is 527 g/mol. The number of rotatable bonds is 5. The van der Waals surface area contributed by atoms with Crippen LogP contribution in [-0.2, 0) is 23.9 Å². The fourth-order valence-corrected chi connectivity index (χ4v) is 3.29. The molecule has 0 saturated carbocycles. The average Bonchev–Trinajstić information content (AvgIpc) is 2.82. The van der Waals surface area contributed by atoms with Gasteiger partial charge in [-0.2, -0.15) is 0 Å². The van der Waals surface area contributed by atoms with Crippen molar-refractivity contribution in [1.29, 1.82) is 0 Å². The van der Waals surface area contributed by atoms with Gasteiger partial charge in [-0.15, -0.1) is 0 Å². The fourth-order valence-electron chi connectivity index (χ4n) is 3.29. The first-order valence-electron chi connectivity index (χ1n) is 10.7. The Balaban J connectivity index is 0.000000651. The van der Waals surface area contributed by atoms with E-state index in [1.165, 1.54) is 0 Å². The third-order valence-corrected chi connectivity index (χ3v) is 5.28. The van der Waals surface area contributed by atoms with Crippen molar-refractivity contribution < 1.29 is 73.5 Å². The van der Waals surface area contributed by atoms with E-state index >= 15 is 0 Å². The molecule has 2 aromatic carbocycles. The smallest absolute Gasteiger partial charge is 0.870 e. The standard InChI is InChI=1S/C13H15NO4.C11H11NO4.CH4.Na.H2O/c1-3-17-13(16)8(2)9-4-5-11-10(6-9)14-12(15)7-18-11;1-6(11(14)15)7-2-3-9-8(4-7)12-10(13)5-16-9;;;/h4-6,8H,3,7H2,1-2H3,(H,14,15);2-4,6H,5H2,1H3,(H,12,13)(H,14,15);1H4;;1H2/q;;;+1;/p-1. The van der Waals surface area contributed by atoms with E-state index in [-0.39, 0.29) is 79.4 Å². The number of aliphatic carboxylic acids is 1. The van der Waals surface area contributed by atoms with E-state index in [2.05, 4.69) is 10.6 Å². The summed E-state index contributed by atoms with van der Waals surface area (Å²) in [5.41, 5.74) is 2.55. The van der Waals surface area contributed by atoms with E-state index in [1.807, 2.05) is 0 Å². The van der Waals surface area contributed by atoms with Gasteiger partial charge in [0.1, 0.15) is 11.5 Å². The minimum Gasteiger partial charge on any atom is -0.870 e. The molecule has 2 heterocycles. The molecule has 0 bridgehead atoms. The molecule has 2 unspecified atom stereocenters. The maximum absolute atomic E-state index is 11.6. The van der Waals surface area contributed by atoms with Gasteiger partial charge in [0.25, 0.3) is 11.8 Å². The molecule has 2 aromatic rings. The normalized spacial score (nSPS) is 14.1. The Morgan fingerprint density at radius 2 is 1.35 bits per heavy atom. The van der Waals surface area contributed by atoms with Gasteiger partial charge in [-0.1, -0.05) is 19.6 Å². The summed E-state index contributed by atoms with van der Waals surface area (Å²) < 4.78 is 15.4. The van der Waals surface area contributed by atoms with Crippen LogP contribution in [0.4, 0.5) is 11.4 Å². The molecule has 0 radical (unpaired) electrons. The van der Waals surface area contributed by atoms with E-state index < -0.39 is 11.9 Å². The van der Waals surface area contributed by atoms with Crippen LogP contribution >= 0.6 is 0 Å². The van der Waals surface area contributed by atoms with Crippen molar-refractivity contribution in [2.24, 2.45) is 0 Å². The molecule has 0 spiro atoms. The van der Waals surface area contributed by atoms with E-state index in [1.54, 1.807) is 57.2 Å². The third-order valence-electron chi connectivity index (χ3n) is 5.28. The molecule has 37 heavy (non-hydrogen) atoms. The molecule has 0 aliphatic carbocycles. The predicted octanol–water partition coefficient (Wildman–Crippen LogP) is 0.353. The number of anilines is 2. The predicted molar refractivity (Wildman–Crippen MR) is 131 cm³/mol. The van der Waals surface area contributed by atoms with Crippen molar-refractivity contribution in [3.8, 4) is 11.5 Å². The minimum absolute atomic E-state index is 0. The monoisotopic (exact) mass is 526 g/mol. The van der Waals surface area contributed by atoms with Gasteiger partial charge in [-0.25, -0.2) is 0 Å². The van der Waals surface area contributed by atoms with Crippen molar-refractivity contribution in [3.05, 3.63) is 47.5 Å². The molecule has 0 aromatic heterocycles. The molecule has 196 valence electrons. The van der Waals surface area contributed by atoms with Crippen LogP contribution in [0.15, 0.2) is 36.4 Å². The van der Waals surface area contributed by atoms with Crippen LogP contribution in [0, 0.1) is 0 Å². The van der Waals surface area contributed by atoms with E-state index in [9.17, 15) is 19.2 Å². The number of nitrogens with one attached hydrogen (secondary N) is 2. The summed E-state index contributed by atoms with van der Waals surface area (Å²) >= 11 is 0. The van der Waals surface area contributed by atoms with Gasteiger partial charge >= 0.3 is 41.5 Å². The quantitative estimate of drug-likeness (QED) is 0.367. The maximum Gasteiger partial charge on any atom is 1.00 e. The van der Waals surface area contributed by atoms with Crippen molar-refractivity contribution >= 4 is 35.1 Å². The number of hydrogen-bond acceptors (Lipinski definition) is 8. The molecule has 2 atom stereocenters. The number of esters is 1. The molecule has 2 amide bonds. The van der Waals surface area contributed by atoms with Gasteiger partial charge in [0.2, 0.25) is 0 Å². The van der Waals surface area contributed by atoms with Gasteiger partial charge in [0, 0.05) is 0 Å². The number of hydrogen-bond donors (Lipinski definition) is 3. The number of carboxylic acids is 1. The first-order valence-corrected chi connectivity index (χ1v) is 10.7. The van der Waals surface area contributed by atoms with Gasteiger partial charge < -0.3 is 35.4 Å². The minimum atomic E-state index is -0.900. The topological polar surface area (TPSA) is 170 Å². The number of carbonyl (C=O) groups is 4. The van der Waals surface area contributed by atoms with Crippen molar-refractivity contribution in [1.82, 2.24) is 0 Å². The Morgan fingerprint density at radius 3 is 1.76 bits per heavy atom. The summed E-state index contributed by atoms with van der Waals surface area (Å²) in [6, 6.07) is 10.3. The number of benzene rings is 2. The number of amides is 2. The zero-order valence-electron chi connectivity index (χ0n) is 20.5. The number of carboxylic acid groups (broad SMARTS) is 1. The van der Waals surface area contributed by atoms with Crippen molar-refractivity contribution in [3.63, 3.8) is 0 Å². The Morgan fingerprint density at radius 1 is 0.919 bits per heavy atom. The first kappa shape index (κ1) is 33.9. The zero-order valence-corrected chi connectivity index (χ0v) is 22.5. The van der Waals surface area contributed by atoms with Crippen molar-refractivity contribution in [2.75, 3.05) is 30.5 Å². The number of carbonyl (C=O) groups excluding carboxylic acids is 3. The second kappa shape index (κ2) is 15.2. The second-order valence-corrected chi connectivity index (χ2v) is 7.72. The summed E-state index contributed by atoms with van der Waals surface area (Å²) in [4.78, 5) is 44.8. The summed E-state index contributed by atoms with van der Waals surface area (Å²) in [6.45, 7) is 5.51. The van der Waals surface area contributed by atoms with E-state index in [0.717, 1.165) is 5.56 Å². The SMILES string of the molecule is C.CC(C(=O)O)c1ccc2c(c1)NC(=O)CO2.CCOC(=O)C(C)c1ccc2c(c1)NC(=O)CO2.[Na+].[OH-]. The zero-order chi connectivity index (χ0) is 24.8. The molecule has 0 fully saturated rings. The summed E-state index contributed by atoms with van der Waals surface area (Å²) in [5.74, 6) is -1.38. The molecule has 4 rings (SSSR count). The van der Waals surface area contributed by atoms with E-state index in [4.69, 9.17) is 19.3 Å². The number of fused-ring (bicyclic) bond motifs is 2. The number of ether oxygens (including phenoxy) is 3. The van der Waals surface area contributed by atoms with Gasteiger partial charge in [0.05, 0.1) is 29.8 Å². The van der Waals surface area contributed by atoms with Crippen LogP contribution in [0.2, 0.25) is 0 Å². The molecule has 4 N–H and O–H groups in total. The molecule has 11 nitrogen and oxygen atoms in total. The van der Waals surface area contributed by atoms with Crippen LogP contribution in [0.5, 0.6) is 11.5 Å². The maximum atomic E-state index is 11.6. The molecule has 2 aliphatic heterocycles. The van der Waals surface area contributed by atoms with Crippen molar-refractivity contribution in [2.45, 2.75) is 40.0 Å². The first-order chi connectivity index (χ1) is 16.2. The molecule has 12 heteroatoms. The Bertz CT molecular complexity index is 1120. The largest absolute Gasteiger partial charge is 1.00 e. The van der Waals surface area contributed by atoms with Crippen LogP contribution in [-0.4, -0.2) is 54.2 Å². The molecular formula is C25H31N2NaO9. The van der Waals surface area contributed by atoms with Gasteiger partial charge in [0.15, 0.2) is 13.2 Å². The fraction of sp³-hybridized carbons (Fsp3) is 0.360. The van der Waals surface area contributed by atoms with Crippen LogP contribution < -0.4 is 49.7 Å². The Kier molecular flexibility index (Phi) is 13.9. The molecule has 0 saturated heterocycles. The van der Waals surface area contributed by atoms with Crippen LogP contribution in [0.1, 0.15) is 51.2 Å². The summed E-state index contributed by atoms with van der Waals surface area (Å²) in [5, 5.41) is 14.2. The summed E-state index contributed by atoms with van der Waals surface area (Å²) in [7, 11) is 0. The van der Waals surface area contributed by atoms with E-state index in [0.29, 0.717) is 35.0 Å². The van der Waals surface area contributed by atoms with Crippen LogP contribution in [0.3, 0.4) is 0 Å².